The van der Waals surface area contributed by atoms with Crippen LogP contribution in [0.25, 0.3) is 0 Å². The van der Waals surface area contributed by atoms with Crippen LogP contribution in [0.4, 0.5) is 0 Å². The maximum atomic E-state index is 10.9. The normalized spacial score (nSPS) is 14.4. The number of hydrogen-bond acceptors (Lipinski definition) is 3. The standard InChI is InChI=1S/C8H13NO2/c1-5(9-4)8(6(2)10)7(3)11/h10H,1-4H3/b8-6+,9-5?. The van der Waals surface area contributed by atoms with Gasteiger partial charge in [0.05, 0.1) is 5.57 Å². The Balaban J connectivity index is 4.95. The molecule has 0 aliphatic heterocycles. The topological polar surface area (TPSA) is 49.7 Å². The molecule has 0 saturated carbocycles. The number of aliphatic hydroxyl groups excluding tert-OH is 1. The Morgan fingerprint density at radius 1 is 1.27 bits per heavy atom. The van der Waals surface area contributed by atoms with Crippen molar-refractivity contribution >= 4 is 11.5 Å². The van der Waals surface area contributed by atoms with Crippen LogP contribution in [0.3, 0.4) is 0 Å². The minimum atomic E-state index is -0.159. The van der Waals surface area contributed by atoms with Crippen molar-refractivity contribution < 1.29 is 9.90 Å². The van der Waals surface area contributed by atoms with Gasteiger partial charge in [0.25, 0.3) is 0 Å². The Kier molecular flexibility index (Phi) is 3.51. The zero-order chi connectivity index (χ0) is 9.02. The first-order chi connectivity index (χ1) is 5.00. The molecule has 0 fully saturated rings. The van der Waals surface area contributed by atoms with E-state index in [1.807, 2.05) is 0 Å². The molecule has 3 nitrogen and oxygen atoms in total. The number of carbonyl (C=O) groups excluding carboxylic acids is 1. The molecule has 62 valence electrons. The van der Waals surface area contributed by atoms with Gasteiger partial charge in [0.15, 0.2) is 5.78 Å². The maximum Gasteiger partial charge on any atom is 0.164 e. The van der Waals surface area contributed by atoms with E-state index in [1.54, 1.807) is 14.0 Å². The van der Waals surface area contributed by atoms with E-state index < -0.39 is 0 Å². The summed E-state index contributed by atoms with van der Waals surface area (Å²) < 4.78 is 0. The van der Waals surface area contributed by atoms with Gasteiger partial charge in [0, 0.05) is 12.8 Å². The van der Waals surface area contributed by atoms with Crippen molar-refractivity contribution in [3.8, 4) is 0 Å². The van der Waals surface area contributed by atoms with E-state index in [1.165, 1.54) is 13.8 Å². The van der Waals surface area contributed by atoms with Crippen LogP contribution in [-0.4, -0.2) is 23.6 Å². The highest BCUT2D eigenvalue weighted by atomic mass is 16.3. The van der Waals surface area contributed by atoms with Gasteiger partial charge in [-0.25, -0.2) is 0 Å². The van der Waals surface area contributed by atoms with Crippen LogP contribution in [0.1, 0.15) is 20.8 Å². The highest BCUT2D eigenvalue weighted by molar-refractivity contribution is 6.20. The Labute approximate surface area is 66.5 Å². The van der Waals surface area contributed by atoms with E-state index in [0.717, 1.165) is 0 Å². The zero-order valence-electron chi connectivity index (χ0n) is 7.30. The molecule has 0 spiro atoms. The van der Waals surface area contributed by atoms with E-state index >= 15 is 0 Å². The average Bonchev–Trinajstić information content (AvgIpc) is 1.85. The van der Waals surface area contributed by atoms with Gasteiger partial charge >= 0.3 is 0 Å². The Bertz CT molecular complexity index is 222. The van der Waals surface area contributed by atoms with Crippen molar-refractivity contribution in [1.29, 1.82) is 0 Å². The van der Waals surface area contributed by atoms with Gasteiger partial charge in [-0.15, -0.1) is 0 Å². The number of aliphatic imine (C=N–C) groups is 1. The minimum Gasteiger partial charge on any atom is -0.512 e. The van der Waals surface area contributed by atoms with E-state index in [2.05, 4.69) is 4.99 Å². The molecular formula is C8H13NO2. The molecule has 0 unspecified atom stereocenters. The van der Waals surface area contributed by atoms with Gasteiger partial charge < -0.3 is 5.11 Å². The van der Waals surface area contributed by atoms with Gasteiger partial charge in [-0.1, -0.05) is 0 Å². The van der Waals surface area contributed by atoms with Crippen molar-refractivity contribution in [3.05, 3.63) is 11.3 Å². The number of nitrogens with zero attached hydrogens (tertiary/aromatic N) is 1. The Hall–Kier alpha value is -1.12. The molecule has 3 heteroatoms. The summed E-state index contributed by atoms with van der Waals surface area (Å²) in [7, 11) is 1.58. The molecule has 0 aliphatic carbocycles. The second-order valence-corrected chi connectivity index (χ2v) is 2.33. The SMILES string of the molecule is CN=C(C)/C(C(C)=O)=C(/C)O. The molecule has 0 saturated heterocycles. The lowest BCUT2D eigenvalue weighted by Gasteiger charge is -2.02. The van der Waals surface area contributed by atoms with Crippen molar-refractivity contribution in [2.24, 2.45) is 4.99 Å². The number of ketones is 1. The predicted octanol–water partition coefficient (Wildman–Crippen LogP) is 1.50. The lowest BCUT2D eigenvalue weighted by Crippen LogP contribution is -2.09. The summed E-state index contributed by atoms with van der Waals surface area (Å²) in [6, 6.07) is 0. The molecular weight excluding hydrogens is 142 g/mol. The molecule has 0 aliphatic rings. The second kappa shape index (κ2) is 3.91. The quantitative estimate of drug-likeness (QED) is 0.373. The molecule has 0 aromatic heterocycles. The molecule has 0 radical (unpaired) electrons. The molecule has 0 aromatic rings. The van der Waals surface area contributed by atoms with E-state index in [4.69, 9.17) is 5.11 Å². The van der Waals surface area contributed by atoms with Crippen molar-refractivity contribution in [2.75, 3.05) is 7.05 Å². The molecule has 0 aromatic carbocycles. The van der Waals surface area contributed by atoms with E-state index in [9.17, 15) is 4.79 Å². The van der Waals surface area contributed by atoms with E-state index in [-0.39, 0.29) is 11.5 Å². The van der Waals surface area contributed by atoms with Gasteiger partial charge in [-0.05, 0) is 20.8 Å². The lowest BCUT2D eigenvalue weighted by molar-refractivity contribution is -0.113. The summed E-state index contributed by atoms with van der Waals surface area (Å²) in [5, 5.41) is 9.06. The number of hydrogen-bond donors (Lipinski definition) is 1. The van der Waals surface area contributed by atoms with Crippen LogP contribution in [0.5, 0.6) is 0 Å². The molecule has 0 amide bonds. The number of aliphatic hydroxyl groups is 1. The number of rotatable bonds is 2. The summed E-state index contributed by atoms with van der Waals surface area (Å²) in [6.45, 7) is 4.57. The summed E-state index contributed by atoms with van der Waals surface area (Å²) in [5.74, 6) is -0.131. The summed E-state index contributed by atoms with van der Waals surface area (Å²) >= 11 is 0. The fourth-order valence-corrected chi connectivity index (χ4v) is 0.883. The van der Waals surface area contributed by atoms with Crippen molar-refractivity contribution in [3.63, 3.8) is 0 Å². The Morgan fingerprint density at radius 3 is 1.82 bits per heavy atom. The number of Topliss-reactive ketones (excluding diaryl/α,β-unsaturated/α-hetero) is 1. The molecule has 0 rings (SSSR count). The second-order valence-electron chi connectivity index (χ2n) is 2.33. The maximum absolute atomic E-state index is 10.9. The van der Waals surface area contributed by atoms with Crippen LogP contribution in [0, 0.1) is 0 Å². The van der Waals surface area contributed by atoms with Gasteiger partial charge in [-0.3, -0.25) is 9.79 Å². The van der Waals surface area contributed by atoms with Crippen LogP contribution in [-0.2, 0) is 4.79 Å². The molecule has 0 bridgehead atoms. The number of allylic oxidation sites excluding steroid dienone is 2. The molecule has 11 heavy (non-hydrogen) atoms. The summed E-state index contributed by atoms with van der Waals surface area (Å²) in [4.78, 5) is 14.7. The number of carbonyl (C=O) groups is 1. The molecule has 0 atom stereocenters. The predicted molar refractivity (Wildman–Crippen MR) is 45.0 cm³/mol. The first-order valence-electron chi connectivity index (χ1n) is 3.35. The highest BCUT2D eigenvalue weighted by Crippen LogP contribution is 2.04. The third-order valence-corrected chi connectivity index (χ3v) is 1.41. The lowest BCUT2D eigenvalue weighted by atomic mass is 10.1. The van der Waals surface area contributed by atoms with Gasteiger partial charge in [0.2, 0.25) is 0 Å². The molecule has 0 heterocycles. The third kappa shape index (κ3) is 2.53. The fraction of sp³-hybridized carbons (Fsp3) is 0.500. The Morgan fingerprint density at radius 2 is 1.73 bits per heavy atom. The van der Waals surface area contributed by atoms with Crippen molar-refractivity contribution in [2.45, 2.75) is 20.8 Å². The first kappa shape index (κ1) is 9.88. The van der Waals surface area contributed by atoms with Crippen LogP contribution >= 0.6 is 0 Å². The largest absolute Gasteiger partial charge is 0.512 e. The smallest absolute Gasteiger partial charge is 0.164 e. The van der Waals surface area contributed by atoms with Gasteiger partial charge in [-0.2, -0.15) is 0 Å². The van der Waals surface area contributed by atoms with Crippen LogP contribution in [0.2, 0.25) is 0 Å². The monoisotopic (exact) mass is 155 g/mol. The minimum absolute atomic E-state index is 0.0283. The van der Waals surface area contributed by atoms with Crippen LogP contribution in [0.15, 0.2) is 16.3 Å². The van der Waals surface area contributed by atoms with Crippen molar-refractivity contribution in [1.82, 2.24) is 0 Å². The zero-order valence-corrected chi connectivity index (χ0v) is 7.30. The van der Waals surface area contributed by atoms with Crippen LogP contribution < -0.4 is 0 Å². The van der Waals surface area contributed by atoms with E-state index in [0.29, 0.717) is 11.3 Å². The fourth-order valence-electron chi connectivity index (χ4n) is 0.883. The third-order valence-electron chi connectivity index (χ3n) is 1.41. The van der Waals surface area contributed by atoms with Gasteiger partial charge in [0.1, 0.15) is 5.76 Å². The average molecular weight is 155 g/mol. The summed E-state index contributed by atoms with van der Waals surface area (Å²) in [5.41, 5.74) is 0.880. The highest BCUT2D eigenvalue weighted by Gasteiger charge is 2.10. The summed E-state index contributed by atoms with van der Waals surface area (Å²) in [6.07, 6.45) is 0. The molecule has 1 N–H and O–H groups in total. The first-order valence-corrected chi connectivity index (χ1v) is 3.35.